The molecular weight excluding hydrogens is 195 g/mol. The fourth-order valence-corrected chi connectivity index (χ4v) is 1.45. The van der Waals surface area contributed by atoms with E-state index < -0.39 is 11.9 Å². The summed E-state index contributed by atoms with van der Waals surface area (Å²) in [7, 11) is 0. The quantitative estimate of drug-likeness (QED) is 0.819. The molecule has 0 amide bonds. The highest BCUT2D eigenvalue weighted by Crippen LogP contribution is 2.22. The van der Waals surface area contributed by atoms with E-state index >= 15 is 0 Å². The molecule has 1 atom stereocenters. The van der Waals surface area contributed by atoms with Crippen LogP contribution in [0.5, 0.6) is 0 Å². The molecule has 3 nitrogen and oxygen atoms in total. The Hall–Kier alpha value is -1.68. The Balaban J connectivity index is 2.36. The van der Waals surface area contributed by atoms with Crippen LogP contribution in [-0.2, 0) is 0 Å². The van der Waals surface area contributed by atoms with Crippen LogP contribution < -0.4 is 5.73 Å². The minimum absolute atomic E-state index is 0.396. The van der Waals surface area contributed by atoms with E-state index in [1.54, 1.807) is 6.26 Å². The molecule has 4 heteroatoms. The van der Waals surface area contributed by atoms with Gasteiger partial charge >= 0.3 is 0 Å². The molecule has 0 saturated carbocycles. The first kappa shape index (κ1) is 9.86. The fraction of sp³-hybridized carbons (Fsp3) is 0.182. The van der Waals surface area contributed by atoms with Gasteiger partial charge in [-0.1, -0.05) is 0 Å². The maximum absolute atomic E-state index is 12.9. The average Bonchev–Trinajstić information content (AvgIpc) is 2.63. The number of nitrogens with zero attached hydrogens (tertiary/aromatic N) is 1. The SMILES string of the molecule is Cc1ccoc1C(N)c1cncc(F)c1. The van der Waals surface area contributed by atoms with Gasteiger partial charge in [0.1, 0.15) is 11.6 Å². The second-order valence-electron chi connectivity index (χ2n) is 3.38. The Morgan fingerprint density at radius 2 is 2.27 bits per heavy atom. The summed E-state index contributed by atoms with van der Waals surface area (Å²) in [6.07, 6.45) is 4.25. The van der Waals surface area contributed by atoms with E-state index in [9.17, 15) is 4.39 Å². The smallest absolute Gasteiger partial charge is 0.141 e. The summed E-state index contributed by atoms with van der Waals surface area (Å²) < 4.78 is 18.2. The molecule has 2 N–H and O–H groups in total. The third kappa shape index (κ3) is 1.89. The molecule has 0 bridgehead atoms. The summed E-state index contributed by atoms with van der Waals surface area (Å²) in [4.78, 5) is 3.75. The van der Waals surface area contributed by atoms with Crippen molar-refractivity contribution in [1.82, 2.24) is 4.98 Å². The van der Waals surface area contributed by atoms with Crippen LogP contribution in [0.1, 0.15) is 22.9 Å². The minimum atomic E-state index is -0.469. The van der Waals surface area contributed by atoms with Gasteiger partial charge in [0.25, 0.3) is 0 Å². The third-order valence-electron chi connectivity index (χ3n) is 2.27. The molecule has 0 aliphatic carbocycles. The second kappa shape index (κ2) is 3.82. The Morgan fingerprint density at radius 1 is 1.47 bits per heavy atom. The molecule has 0 spiro atoms. The van der Waals surface area contributed by atoms with E-state index in [0.717, 1.165) is 11.8 Å². The molecule has 2 aromatic heterocycles. The Labute approximate surface area is 86.7 Å². The zero-order chi connectivity index (χ0) is 10.8. The number of aromatic nitrogens is 1. The maximum Gasteiger partial charge on any atom is 0.141 e. The number of pyridine rings is 1. The second-order valence-corrected chi connectivity index (χ2v) is 3.38. The highest BCUT2D eigenvalue weighted by molar-refractivity contribution is 5.28. The molecule has 2 aromatic rings. The van der Waals surface area contributed by atoms with Crippen molar-refractivity contribution in [3.63, 3.8) is 0 Å². The van der Waals surface area contributed by atoms with Crippen molar-refractivity contribution < 1.29 is 8.81 Å². The van der Waals surface area contributed by atoms with Gasteiger partial charge in [-0.3, -0.25) is 4.98 Å². The summed E-state index contributed by atoms with van der Waals surface area (Å²) in [5.74, 6) is 0.245. The zero-order valence-electron chi connectivity index (χ0n) is 8.27. The monoisotopic (exact) mass is 206 g/mol. The van der Waals surface area contributed by atoms with E-state index in [1.807, 2.05) is 13.0 Å². The summed E-state index contributed by atoms with van der Waals surface area (Å²) >= 11 is 0. The highest BCUT2D eigenvalue weighted by Gasteiger charge is 2.15. The highest BCUT2D eigenvalue weighted by atomic mass is 19.1. The lowest BCUT2D eigenvalue weighted by molar-refractivity contribution is 0.485. The lowest BCUT2D eigenvalue weighted by Crippen LogP contribution is -2.12. The number of rotatable bonds is 2. The predicted molar refractivity (Wildman–Crippen MR) is 53.7 cm³/mol. The Bertz CT molecular complexity index is 467. The van der Waals surface area contributed by atoms with Gasteiger partial charge < -0.3 is 10.2 Å². The van der Waals surface area contributed by atoms with Crippen molar-refractivity contribution >= 4 is 0 Å². The van der Waals surface area contributed by atoms with E-state index in [4.69, 9.17) is 10.2 Å². The molecule has 0 radical (unpaired) electrons. The lowest BCUT2D eigenvalue weighted by atomic mass is 10.1. The van der Waals surface area contributed by atoms with Crippen LogP contribution in [0.25, 0.3) is 0 Å². The van der Waals surface area contributed by atoms with E-state index in [1.165, 1.54) is 12.3 Å². The van der Waals surface area contributed by atoms with Gasteiger partial charge in [0, 0.05) is 6.20 Å². The van der Waals surface area contributed by atoms with Crippen molar-refractivity contribution in [1.29, 1.82) is 0 Å². The van der Waals surface area contributed by atoms with Crippen molar-refractivity contribution in [3.05, 3.63) is 53.5 Å². The van der Waals surface area contributed by atoms with Gasteiger partial charge in [-0.2, -0.15) is 0 Å². The van der Waals surface area contributed by atoms with Gasteiger partial charge in [0.15, 0.2) is 0 Å². The summed E-state index contributed by atoms with van der Waals surface area (Å²) in [6, 6.07) is 2.71. The average molecular weight is 206 g/mol. The molecular formula is C11H11FN2O. The third-order valence-corrected chi connectivity index (χ3v) is 2.27. The van der Waals surface area contributed by atoms with E-state index in [0.29, 0.717) is 11.3 Å². The molecule has 78 valence electrons. The molecule has 1 unspecified atom stereocenters. The predicted octanol–water partition coefficient (Wildman–Crippen LogP) is 2.17. The van der Waals surface area contributed by atoms with Crippen molar-refractivity contribution in [2.24, 2.45) is 5.73 Å². The Morgan fingerprint density at radius 3 is 2.87 bits per heavy atom. The van der Waals surface area contributed by atoms with Crippen molar-refractivity contribution in [2.45, 2.75) is 13.0 Å². The standard InChI is InChI=1S/C11H11FN2O/c1-7-2-3-15-11(7)10(13)8-4-9(12)6-14-5-8/h2-6,10H,13H2,1H3. The fourth-order valence-electron chi connectivity index (χ4n) is 1.45. The maximum atomic E-state index is 12.9. The molecule has 2 rings (SSSR count). The number of furan rings is 1. The number of halogens is 1. The van der Waals surface area contributed by atoms with Crippen molar-refractivity contribution in [2.75, 3.05) is 0 Å². The summed E-state index contributed by atoms with van der Waals surface area (Å²) in [6.45, 7) is 1.89. The lowest BCUT2D eigenvalue weighted by Gasteiger charge is -2.09. The number of nitrogens with two attached hydrogens (primary N) is 1. The zero-order valence-corrected chi connectivity index (χ0v) is 8.27. The number of hydrogen-bond donors (Lipinski definition) is 1. The molecule has 0 aliphatic heterocycles. The first-order chi connectivity index (χ1) is 7.18. The molecule has 0 saturated heterocycles. The van der Waals surface area contributed by atoms with Gasteiger partial charge in [-0.05, 0) is 30.2 Å². The summed E-state index contributed by atoms with van der Waals surface area (Å²) in [5, 5.41) is 0. The molecule has 0 aliphatic rings. The number of aryl methyl sites for hydroxylation is 1. The van der Waals surface area contributed by atoms with E-state index in [2.05, 4.69) is 4.98 Å². The van der Waals surface area contributed by atoms with Crippen LogP contribution in [-0.4, -0.2) is 4.98 Å². The van der Waals surface area contributed by atoms with E-state index in [-0.39, 0.29) is 0 Å². The topological polar surface area (TPSA) is 52.0 Å². The largest absolute Gasteiger partial charge is 0.467 e. The first-order valence-electron chi connectivity index (χ1n) is 4.58. The van der Waals surface area contributed by atoms with Gasteiger partial charge in [0.2, 0.25) is 0 Å². The van der Waals surface area contributed by atoms with Gasteiger partial charge in [-0.25, -0.2) is 4.39 Å². The number of hydrogen-bond acceptors (Lipinski definition) is 3. The normalized spacial score (nSPS) is 12.7. The van der Waals surface area contributed by atoms with Crippen molar-refractivity contribution in [3.8, 4) is 0 Å². The van der Waals surface area contributed by atoms with Crippen LogP contribution >= 0.6 is 0 Å². The molecule has 2 heterocycles. The van der Waals surface area contributed by atoms with Gasteiger partial charge in [0.05, 0.1) is 18.5 Å². The van der Waals surface area contributed by atoms with Gasteiger partial charge in [-0.15, -0.1) is 0 Å². The molecule has 15 heavy (non-hydrogen) atoms. The Kier molecular flexibility index (Phi) is 2.51. The van der Waals surface area contributed by atoms with Crippen LogP contribution in [0.2, 0.25) is 0 Å². The van der Waals surface area contributed by atoms with Crippen LogP contribution in [0.15, 0.2) is 35.2 Å². The molecule has 0 fully saturated rings. The first-order valence-corrected chi connectivity index (χ1v) is 4.58. The molecule has 0 aromatic carbocycles. The van der Waals surface area contributed by atoms with Crippen LogP contribution in [0.3, 0.4) is 0 Å². The van der Waals surface area contributed by atoms with Crippen LogP contribution in [0, 0.1) is 12.7 Å². The van der Waals surface area contributed by atoms with Crippen LogP contribution in [0.4, 0.5) is 4.39 Å². The minimum Gasteiger partial charge on any atom is -0.467 e. The summed E-state index contributed by atoms with van der Waals surface area (Å²) in [5.41, 5.74) is 7.49.